The molecule has 2 saturated heterocycles. The predicted octanol–water partition coefficient (Wildman–Crippen LogP) is 1.33. The van der Waals surface area contributed by atoms with E-state index >= 15 is 0 Å². The monoisotopic (exact) mass is 347 g/mol. The van der Waals surface area contributed by atoms with Crippen molar-refractivity contribution in [2.75, 3.05) is 39.9 Å². The lowest BCUT2D eigenvalue weighted by Gasteiger charge is -2.32. The third-order valence-electron chi connectivity index (χ3n) is 5.15. The Morgan fingerprint density at radius 2 is 2.16 bits per heavy atom. The normalized spacial score (nSPS) is 25.5. The van der Waals surface area contributed by atoms with Crippen molar-refractivity contribution in [3.8, 4) is 5.75 Å². The molecule has 1 unspecified atom stereocenters. The van der Waals surface area contributed by atoms with Crippen LogP contribution in [-0.2, 0) is 9.53 Å². The minimum absolute atomic E-state index is 0.00583. The number of nitrogens with one attached hydrogen (secondary N) is 2. The standard InChI is InChI=1S/C19H29N3O3/c1-14-18(20-9-12-25-14)19(23)21-13-16(22-10-5-6-11-22)15-7-3-4-8-17(15)24-2/h3-4,7-8,14,16,18,20H,5-6,9-13H2,1-2H3,(H,21,23)/t14-,16?,18+/m1/s1. The molecule has 1 aromatic rings. The molecule has 2 aliphatic rings. The first-order valence-electron chi connectivity index (χ1n) is 9.20. The lowest BCUT2D eigenvalue weighted by atomic mass is 10.0. The number of carbonyl (C=O) groups excluding carboxylic acids is 1. The fourth-order valence-electron chi connectivity index (χ4n) is 3.77. The molecular formula is C19H29N3O3. The maximum Gasteiger partial charge on any atom is 0.239 e. The number of nitrogens with zero attached hydrogens (tertiary/aromatic N) is 1. The zero-order chi connectivity index (χ0) is 17.6. The topological polar surface area (TPSA) is 62.8 Å². The summed E-state index contributed by atoms with van der Waals surface area (Å²) in [4.78, 5) is 15.0. The highest BCUT2D eigenvalue weighted by molar-refractivity contribution is 5.82. The van der Waals surface area contributed by atoms with Crippen LogP contribution in [-0.4, -0.2) is 62.8 Å². The molecule has 1 amide bonds. The maximum atomic E-state index is 12.6. The Bertz CT molecular complexity index is 575. The average Bonchev–Trinajstić information content (AvgIpc) is 3.17. The van der Waals surface area contributed by atoms with Gasteiger partial charge in [0.1, 0.15) is 11.8 Å². The van der Waals surface area contributed by atoms with E-state index in [0.717, 1.165) is 24.4 Å². The van der Waals surface area contributed by atoms with Gasteiger partial charge in [0.15, 0.2) is 0 Å². The van der Waals surface area contributed by atoms with E-state index in [-0.39, 0.29) is 24.1 Å². The van der Waals surface area contributed by atoms with E-state index in [0.29, 0.717) is 19.7 Å². The van der Waals surface area contributed by atoms with E-state index in [2.05, 4.69) is 21.6 Å². The largest absolute Gasteiger partial charge is 0.496 e. The lowest BCUT2D eigenvalue weighted by Crippen LogP contribution is -2.56. The molecule has 2 N–H and O–H groups in total. The Morgan fingerprint density at radius 3 is 2.88 bits per heavy atom. The molecule has 2 fully saturated rings. The van der Waals surface area contributed by atoms with Gasteiger partial charge in [-0.25, -0.2) is 0 Å². The van der Waals surface area contributed by atoms with Crippen LogP contribution in [0.2, 0.25) is 0 Å². The maximum absolute atomic E-state index is 12.6. The molecule has 1 aromatic carbocycles. The van der Waals surface area contributed by atoms with Crippen LogP contribution in [0.25, 0.3) is 0 Å². The van der Waals surface area contributed by atoms with Crippen LogP contribution in [0.5, 0.6) is 5.75 Å². The van der Waals surface area contributed by atoms with Gasteiger partial charge in [0.25, 0.3) is 0 Å². The summed E-state index contributed by atoms with van der Waals surface area (Å²) in [5, 5.41) is 6.38. The van der Waals surface area contributed by atoms with Gasteiger partial charge < -0.3 is 20.1 Å². The summed E-state index contributed by atoms with van der Waals surface area (Å²) >= 11 is 0. The second kappa shape index (κ2) is 8.65. The van der Waals surface area contributed by atoms with Gasteiger partial charge in [0.05, 0.1) is 25.9 Å². The SMILES string of the molecule is COc1ccccc1C(CNC(=O)[C@H]1NCCO[C@@H]1C)N1CCCC1. The third-order valence-corrected chi connectivity index (χ3v) is 5.15. The van der Waals surface area contributed by atoms with Gasteiger partial charge in [-0.1, -0.05) is 18.2 Å². The van der Waals surface area contributed by atoms with Crippen molar-refractivity contribution in [1.82, 2.24) is 15.5 Å². The highest BCUT2D eigenvalue weighted by Crippen LogP contribution is 2.31. The molecule has 0 saturated carbocycles. The molecular weight excluding hydrogens is 318 g/mol. The van der Waals surface area contributed by atoms with Crippen molar-refractivity contribution < 1.29 is 14.3 Å². The van der Waals surface area contributed by atoms with Crippen molar-refractivity contribution in [2.45, 2.75) is 38.0 Å². The van der Waals surface area contributed by atoms with Crippen molar-refractivity contribution >= 4 is 5.91 Å². The van der Waals surface area contributed by atoms with Gasteiger partial charge in [0.2, 0.25) is 5.91 Å². The molecule has 3 atom stereocenters. The number of benzene rings is 1. The number of morpholine rings is 1. The van der Waals surface area contributed by atoms with Gasteiger partial charge in [-0.2, -0.15) is 0 Å². The van der Waals surface area contributed by atoms with Crippen LogP contribution < -0.4 is 15.4 Å². The molecule has 0 bridgehead atoms. The average molecular weight is 347 g/mol. The van der Waals surface area contributed by atoms with Crippen LogP contribution >= 0.6 is 0 Å². The summed E-state index contributed by atoms with van der Waals surface area (Å²) in [6, 6.07) is 7.93. The molecule has 25 heavy (non-hydrogen) atoms. The molecule has 0 aromatic heterocycles. The molecule has 0 spiro atoms. The molecule has 2 heterocycles. The molecule has 3 rings (SSSR count). The van der Waals surface area contributed by atoms with Gasteiger partial charge in [-0.15, -0.1) is 0 Å². The fourth-order valence-corrected chi connectivity index (χ4v) is 3.77. The minimum atomic E-state index is -0.286. The van der Waals surface area contributed by atoms with Crippen LogP contribution in [0.4, 0.5) is 0 Å². The van der Waals surface area contributed by atoms with E-state index in [4.69, 9.17) is 9.47 Å². The molecule has 138 valence electrons. The Hall–Kier alpha value is -1.63. The fraction of sp³-hybridized carbons (Fsp3) is 0.632. The van der Waals surface area contributed by atoms with Crippen molar-refractivity contribution in [3.05, 3.63) is 29.8 Å². The van der Waals surface area contributed by atoms with Crippen molar-refractivity contribution in [2.24, 2.45) is 0 Å². The van der Waals surface area contributed by atoms with Crippen molar-refractivity contribution in [1.29, 1.82) is 0 Å². The Labute approximate surface area is 149 Å². The van der Waals surface area contributed by atoms with E-state index < -0.39 is 0 Å². The van der Waals surface area contributed by atoms with Crippen molar-refractivity contribution in [3.63, 3.8) is 0 Å². The number of rotatable bonds is 6. The van der Waals surface area contributed by atoms with E-state index in [1.807, 2.05) is 25.1 Å². The number of carbonyl (C=O) groups is 1. The predicted molar refractivity (Wildman–Crippen MR) is 96.8 cm³/mol. The molecule has 0 aliphatic carbocycles. The summed E-state index contributed by atoms with van der Waals surface area (Å²) in [6.07, 6.45) is 2.30. The van der Waals surface area contributed by atoms with Crippen LogP contribution in [0.1, 0.15) is 31.4 Å². The van der Waals surface area contributed by atoms with Gasteiger partial charge in [-0.05, 0) is 38.9 Å². The molecule has 0 radical (unpaired) electrons. The van der Waals surface area contributed by atoms with Crippen LogP contribution in [0.15, 0.2) is 24.3 Å². The second-order valence-corrected chi connectivity index (χ2v) is 6.75. The number of likely N-dealkylation sites (tertiary alicyclic amines) is 1. The first-order chi connectivity index (χ1) is 12.2. The highest BCUT2D eigenvalue weighted by atomic mass is 16.5. The van der Waals surface area contributed by atoms with Crippen LogP contribution in [0.3, 0.4) is 0 Å². The first-order valence-corrected chi connectivity index (χ1v) is 9.20. The summed E-state index contributed by atoms with van der Waals surface area (Å²) in [6.45, 7) is 5.99. The lowest BCUT2D eigenvalue weighted by molar-refractivity contribution is -0.129. The molecule has 2 aliphatic heterocycles. The van der Waals surface area contributed by atoms with E-state index in [9.17, 15) is 4.79 Å². The smallest absolute Gasteiger partial charge is 0.239 e. The highest BCUT2D eigenvalue weighted by Gasteiger charge is 2.30. The van der Waals surface area contributed by atoms with E-state index in [1.165, 1.54) is 12.8 Å². The number of methoxy groups -OCH3 is 1. The first kappa shape index (κ1) is 18.2. The summed E-state index contributed by atoms with van der Waals surface area (Å²) < 4.78 is 11.1. The number of ether oxygens (including phenoxy) is 2. The van der Waals surface area contributed by atoms with Gasteiger partial charge >= 0.3 is 0 Å². The summed E-state index contributed by atoms with van der Waals surface area (Å²) in [5.74, 6) is 0.882. The zero-order valence-corrected chi connectivity index (χ0v) is 15.2. The Morgan fingerprint density at radius 1 is 1.40 bits per heavy atom. The second-order valence-electron chi connectivity index (χ2n) is 6.75. The third kappa shape index (κ3) is 4.32. The Balaban J connectivity index is 1.71. The summed E-state index contributed by atoms with van der Waals surface area (Å²) in [7, 11) is 1.70. The summed E-state index contributed by atoms with van der Waals surface area (Å²) in [5.41, 5.74) is 1.13. The van der Waals surface area contributed by atoms with E-state index in [1.54, 1.807) is 7.11 Å². The Kier molecular flexibility index (Phi) is 6.29. The molecule has 6 heteroatoms. The zero-order valence-electron chi connectivity index (χ0n) is 15.2. The quantitative estimate of drug-likeness (QED) is 0.813. The number of amides is 1. The molecule has 6 nitrogen and oxygen atoms in total. The number of hydrogen-bond acceptors (Lipinski definition) is 5. The number of para-hydroxylation sites is 1. The van der Waals surface area contributed by atoms with Crippen LogP contribution in [0, 0.1) is 0 Å². The minimum Gasteiger partial charge on any atom is -0.496 e. The number of hydrogen-bond donors (Lipinski definition) is 2. The van der Waals surface area contributed by atoms with Gasteiger partial charge in [-0.3, -0.25) is 9.69 Å². The van der Waals surface area contributed by atoms with Gasteiger partial charge in [0, 0.05) is 18.7 Å².